The van der Waals surface area contributed by atoms with Gasteiger partial charge in [-0.1, -0.05) is 53.8 Å². The summed E-state index contributed by atoms with van der Waals surface area (Å²) < 4.78 is 0. The number of nitrogens with one attached hydrogen (secondary N) is 1. The first-order chi connectivity index (χ1) is 9.25. The van der Waals surface area contributed by atoms with Crippen molar-refractivity contribution in [3.8, 4) is 11.8 Å². The van der Waals surface area contributed by atoms with Crippen LogP contribution < -0.4 is 5.32 Å². The molecular weight excluding hydrogens is 254 g/mol. The van der Waals surface area contributed by atoms with E-state index in [1.54, 1.807) is 0 Å². The van der Waals surface area contributed by atoms with Crippen LogP contribution in [-0.2, 0) is 0 Å². The van der Waals surface area contributed by atoms with Gasteiger partial charge in [0.05, 0.1) is 6.54 Å². The largest absolute Gasteiger partial charge is 0.300 e. The van der Waals surface area contributed by atoms with Crippen LogP contribution in [0.4, 0.5) is 0 Å². The predicted molar refractivity (Wildman–Crippen MR) is 81.2 cm³/mol. The summed E-state index contributed by atoms with van der Waals surface area (Å²) in [4.78, 5) is 0. The van der Waals surface area contributed by atoms with Crippen molar-refractivity contribution >= 4 is 11.6 Å². The van der Waals surface area contributed by atoms with Gasteiger partial charge in [0.2, 0.25) is 0 Å². The summed E-state index contributed by atoms with van der Waals surface area (Å²) in [5, 5.41) is 4.14. The Balaban J connectivity index is 1.86. The number of benzene rings is 2. The quantitative estimate of drug-likeness (QED) is 0.829. The van der Waals surface area contributed by atoms with E-state index in [0.717, 1.165) is 10.6 Å². The van der Waals surface area contributed by atoms with Gasteiger partial charge in [-0.2, -0.15) is 0 Å². The molecule has 2 aromatic rings. The highest BCUT2D eigenvalue weighted by atomic mass is 35.5. The fourth-order valence-electron chi connectivity index (χ4n) is 1.74. The highest BCUT2D eigenvalue weighted by Gasteiger charge is 2.02. The van der Waals surface area contributed by atoms with E-state index in [0.29, 0.717) is 6.54 Å². The first-order valence-corrected chi connectivity index (χ1v) is 6.66. The Bertz CT molecular complexity index is 564. The molecule has 0 saturated heterocycles. The summed E-state index contributed by atoms with van der Waals surface area (Å²) in [6, 6.07) is 18.1. The molecule has 2 heteroatoms. The molecule has 0 aliphatic heterocycles. The molecular formula is C17H16ClN. The second kappa shape index (κ2) is 6.99. The van der Waals surface area contributed by atoms with Crippen molar-refractivity contribution in [3.63, 3.8) is 0 Å². The molecule has 1 nitrogen and oxygen atoms in total. The highest BCUT2D eigenvalue weighted by molar-refractivity contribution is 6.30. The minimum absolute atomic E-state index is 0.266. The second-order valence-corrected chi connectivity index (χ2v) is 4.76. The van der Waals surface area contributed by atoms with Crippen LogP contribution in [-0.4, -0.2) is 6.54 Å². The number of hydrogen-bond donors (Lipinski definition) is 1. The van der Waals surface area contributed by atoms with Crippen LogP contribution in [0.1, 0.15) is 24.1 Å². The van der Waals surface area contributed by atoms with Gasteiger partial charge in [0.25, 0.3) is 0 Å². The number of halogens is 1. The monoisotopic (exact) mass is 269 g/mol. The molecule has 0 aliphatic carbocycles. The Morgan fingerprint density at radius 2 is 1.74 bits per heavy atom. The molecule has 0 bridgehead atoms. The maximum Gasteiger partial charge on any atom is 0.0584 e. The molecule has 0 saturated carbocycles. The molecule has 0 amide bonds. The summed E-state index contributed by atoms with van der Waals surface area (Å²) in [5.41, 5.74) is 2.26. The average molecular weight is 270 g/mol. The van der Waals surface area contributed by atoms with Crippen LogP contribution in [0.3, 0.4) is 0 Å². The van der Waals surface area contributed by atoms with Gasteiger partial charge in [0, 0.05) is 16.6 Å². The first-order valence-electron chi connectivity index (χ1n) is 6.28. The van der Waals surface area contributed by atoms with E-state index in [-0.39, 0.29) is 6.04 Å². The lowest BCUT2D eigenvalue weighted by Crippen LogP contribution is -2.18. The van der Waals surface area contributed by atoms with Crippen LogP contribution in [0.5, 0.6) is 0 Å². The molecule has 0 fully saturated rings. The Kier molecular flexibility index (Phi) is 5.03. The standard InChI is InChI=1S/C17H16ClN/c1-14(16-9-11-17(18)12-10-16)19-13-5-8-15-6-3-2-4-7-15/h2-4,6-7,9-12,14,19H,13H2,1H3/t14-/m1/s1. The second-order valence-electron chi connectivity index (χ2n) is 4.32. The van der Waals surface area contributed by atoms with E-state index in [4.69, 9.17) is 11.6 Å². The van der Waals surface area contributed by atoms with Gasteiger partial charge in [0.1, 0.15) is 0 Å². The first kappa shape index (κ1) is 13.7. The van der Waals surface area contributed by atoms with Crippen molar-refractivity contribution in [3.05, 3.63) is 70.7 Å². The fourth-order valence-corrected chi connectivity index (χ4v) is 1.87. The Morgan fingerprint density at radius 1 is 1.05 bits per heavy atom. The van der Waals surface area contributed by atoms with E-state index in [9.17, 15) is 0 Å². The lowest BCUT2D eigenvalue weighted by Gasteiger charge is -2.11. The maximum absolute atomic E-state index is 5.87. The summed E-state index contributed by atoms with van der Waals surface area (Å²) in [7, 11) is 0. The Labute approximate surface area is 119 Å². The minimum atomic E-state index is 0.266. The van der Waals surface area contributed by atoms with E-state index in [1.807, 2.05) is 54.6 Å². The minimum Gasteiger partial charge on any atom is -0.300 e. The summed E-state index contributed by atoms with van der Waals surface area (Å²) in [5.74, 6) is 6.25. The third-order valence-electron chi connectivity index (χ3n) is 2.87. The molecule has 96 valence electrons. The zero-order chi connectivity index (χ0) is 13.5. The molecule has 0 radical (unpaired) electrons. The third-order valence-corrected chi connectivity index (χ3v) is 3.13. The summed E-state index contributed by atoms with van der Waals surface area (Å²) in [6.45, 7) is 2.78. The molecule has 0 spiro atoms. The van der Waals surface area contributed by atoms with Gasteiger partial charge in [-0.25, -0.2) is 0 Å². The fraction of sp³-hybridized carbons (Fsp3) is 0.176. The number of rotatable bonds is 3. The molecule has 0 unspecified atom stereocenters. The maximum atomic E-state index is 5.87. The van der Waals surface area contributed by atoms with Crippen LogP contribution in [0.25, 0.3) is 0 Å². The van der Waals surface area contributed by atoms with Crippen molar-refractivity contribution in [2.45, 2.75) is 13.0 Å². The van der Waals surface area contributed by atoms with Crippen molar-refractivity contribution in [1.82, 2.24) is 5.32 Å². The summed E-state index contributed by atoms with van der Waals surface area (Å²) >= 11 is 5.87. The zero-order valence-electron chi connectivity index (χ0n) is 10.9. The van der Waals surface area contributed by atoms with Crippen molar-refractivity contribution in [1.29, 1.82) is 0 Å². The Hall–Kier alpha value is -1.75. The van der Waals surface area contributed by atoms with Crippen molar-refractivity contribution in [2.75, 3.05) is 6.54 Å². The lowest BCUT2D eigenvalue weighted by molar-refractivity contribution is 0.623. The lowest BCUT2D eigenvalue weighted by atomic mass is 10.1. The van der Waals surface area contributed by atoms with Gasteiger partial charge in [-0.3, -0.25) is 5.32 Å². The van der Waals surface area contributed by atoms with Gasteiger partial charge < -0.3 is 0 Å². The van der Waals surface area contributed by atoms with Crippen molar-refractivity contribution < 1.29 is 0 Å². The Morgan fingerprint density at radius 3 is 2.42 bits per heavy atom. The van der Waals surface area contributed by atoms with Gasteiger partial charge >= 0.3 is 0 Å². The van der Waals surface area contributed by atoms with Crippen LogP contribution >= 0.6 is 11.6 Å². The normalized spacial score (nSPS) is 11.5. The van der Waals surface area contributed by atoms with Crippen LogP contribution in [0, 0.1) is 11.8 Å². The van der Waals surface area contributed by atoms with E-state index < -0.39 is 0 Å². The van der Waals surface area contributed by atoms with Gasteiger partial charge in [0.15, 0.2) is 0 Å². The average Bonchev–Trinajstić information content (AvgIpc) is 2.45. The summed E-state index contributed by atoms with van der Waals surface area (Å²) in [6.07, 6.45) is 0. The van der Waals surface area contributed by atoms with Gasteiger partial charge in [-0.15, -0.1) is 0 Å². The van der Waals surface area contributed by atoms with Crippen LogP contribution in [0.15, 0.2) is 54.6 Å². The molecule has 2 rings (SSSR count). The van der Waals surface area contributed by atoms with E-state index in [2.05, 4.69) is 24.1 Å². The molecule has 0 heterocycles. The predicted octanol–water partition coefficient (Wildman–Crippen LogP) is 4.04. The SMILES string of the molecule is C[C@@H](NCC#Cc1ccccc1)c1ccc(Cl)cc1. The molecule has 2 aromatic carbocycles. The number of hydrogen-bond acceptors (Lipinski definition) is 1. The molecule has 1 atom stereocenters. The molecule has 19 heavy (non-hydrogen) atoms. The molecule has 1 N–H and O–H groups in total. The zero-order valence-corrected chi connectivity index (χ0v) is 11.6. The molecule has 0 aromatic heterocycles. The third kappa shape index (κ3) is 4.44. The molecule has 0 aliphatic rings. The van der Waals surface area contributed by atoms with Crippen LogP contribution in [0.2, 0.25) is 5.02 Å². The van der Waals surface area contributed by atoms with Gasteiger partial charge in [-0.05, 0) is 36.8 Å². The van der Waals surface area contributed by atoms with E-state index in [1.165, 1.54) is 5.56 Å². The van der Waals surface area contributed by atoms with Crippen molar-refractivity contribution in [2.24, 2.45) is 0 Å². The highest BCUT2D eigenvalue weighted by Crippen LogP contribution is 2.15. The topological polar surface area (TPSA) is 12.0 Å². The van der Waals surface area contributed by atoms with E-state index >= 15 is 0 Å². The smallest absolute Gasteiger partial charge is 0.0584 e.